The molecule has 1 atom stereocenters. The highest BCUT2D eigenvalue weighted by molar-refractivity contribution is 7.93. The van der Waals surface area contributed by atoms with Crippen LogP contribution in [0.1, 0.15) is 18.4 Å². The first kappa shape index (κ1) is 13.6. The highest BCUT2D eigenvalue weighted by Crippen LogP contribution is 2.22. The standard InChI is InChI=1S/C12H17ClN2O2S/c1-9-4-5-10(7-12(9)13)15-18(16,17)11-3-2-6-14-8-11/h4-5,7,11,14-15H,2-3,6,8H2,1H3. The Kier molecular flexibility index (Phi) is 4.14. The first-order valence-electron chi connectivity index (χ1n) is 5.97. The van der Waals surface area contributed by atoms with Gasteiger partial charge < -0.3 is 5.32 Å². The smallest absolute Gasteiger partial charge is 0.236 e. The van der Waals surface area contributed by atoms with Crippen LogP contribution in [0.4, 0.5) is 5.69 Å². The third-order valence-corrected chi connectivity index (χ3v) is 5.33. The van der Waals surface area contributed by atoms with E-state index in [-0.39, 0.29) is 5.25 Å². The first-order chi connectivity index (χ1) is 8.49. The maximum Gasteiger partial charge on any atom is 0.236 e. The van der Waals surface area contributed by atoms with Crippen LogP contribution in [0.3, 0.4) is 0 Å². The van der Waals surface area contributed by atoms with Crippen molar-refractivity contribution in [2.45, 2.75) is 25.0 Å². The van der Waals surface area contributed by atoms with Crippen molar-refractivity contribution in [3.8, 4) is 0 Å². The molecule has 1 fully saturated rings. The number of halogens is 1. The van der Waals surface area contributed by atoms with E-state index in [9.17, 15) is 8.42 Å². The Balaban J connectivity index is 2.13. The highest BCUT2D eigenvalue weighted by Gasteiger charge is 2.27. The number of anilines is 1. The minimum absolute atomic E-state index is 0.369. The predicted molar refractivity (Wildman–Crippen MR) is 74.6 cm³/mol. The molecular formula is C12H17ClN2O2S. The Morgan fingerprint density at radius 1 is 1.44 bits per heavy atom. The van der Waals surface area contributed by atoms with Gasteiger partial charge in [0.05, 0.1) is 5.25 Å². The van der Waals surface area contributed by atoms with E-state index >= 15 is 0 Å². The quantitative estimate of drug-likeness (QED) is 0.896. The van der Waals surface area contributed by atoms with Gasteiger partial charge in [-0.05, 0) is 44.0 Å². The van der Waals surface area contributed by atoms with Crippen LogP contribution in [0, 0.1) is 6.92 Å². The number of aryl methyl sites for hydroxylation is 1. The fourth-order valence-corrected chi connectivity index (χ4v) is 3.61. The molecule has 1 unspecified atom stereocenters. The normalized spacial score (nSPS) is 20.7. The zero-order valence-corrected chi connectivity index (χ0v) is 11.8. The Labute approximate surface area is 113 Å². The van der Waals surface area contributed by atoms with Gasteiger partial charge in [-0.1, -0.05) is 17.7 Å². The van der Waals surface area contributed by atoms with E-state index in [0.29, 0.717) is 23.7 Å². The van der Waals surface area contributed by atoms with Gasteiger partial charge in [0, 0.05) is 17.3 Å². The number of sulfonamides is 1. The summed E-state index contributed by atoms with van der Waals surface area (Å²) < 4.78 is 26.9. The summed E-state index contributed by atoms with van der Waals surface area (Å²) in [4.78, 5) is 0. The molecule has 1 heterocycles. The monoisotopic (exact) mass is 288 g/mol. The summed E-state index contributed by atoms with van der Waals surface area (Å²) in [5.74, 6) is 0. The summed E-state index contributed by atoms with van der Waals surface area (Å²) >= 11 is 5.98. The van der Waals surface area contributed by atoms with E-state index in [1.807, 2.05) is 6.92 Å². The molecule has 0 bridgehead atoms. The van der Waals surface area contributed by atoms with E-state index < -0.39 is 10.0 Å². The van der Waals surface area contributed by atoms with E-state index in [4.69, 9.17) is 11.6 Å². The average molecular weight is 289 g/mol. The molecule has 2 rings (SSSR count). The lowest BCUT2D eigenvalue weighted by Crippen LogP contribution is -2.41. The van der Waals surface area contributed by atoms with Gasteiger partial charge in [-0.2, -0.15) is 0 Å². The lowest BCUT2D eigenvalue weighted by molar-refractivity contribution is 0.499. The van der Waals surface area contributed by atoms with Crippen molar-refractivity contribution >= 4 is 27.3 Å². The molecule has 0 amide bonds. The third kappa shape index (κ3) is 3.16. The zero-order chi connectivity index (χ0) is 13.2. The topological polar surface area (TPSA) is 58.2 Å². The zero-order valence-electron chi connectivity index (χ0n) is 10.2. The second-order valence-corrected chi connectivity index (χ2v) is 6.95. The number of rotatable bonds is 3. The molecule has 4 nitrogen and oxygen atoms in total. The molecule has 100 valence electrons. The lowest BCUT2D eigenvalue weighted by atomic mass is 10.2. The van der Waals surface area contributed by atoms with E-state index in [2.05, 4.69) is 10.0 Å². The lowest BCUT2D eigenvalue weighted by Gasteiger charge is -2.23. The van der Waals surface area contributed by atoms with Crippen molar-refractivity contribution in [3.05, 3.63) is 28.8 Å². The molecule has 1 saturated heterocycles. The fourth-order valence-electron chi connectivity index (χ4n) is 1.99. The van der Waals surface area contributed by atoms with E-state index in [0.717, 1.165) is 18.5 Å². The summed E-state index contributed by atoms with van der Waals surface area (Å²) in [6.45, 7) is 3.28. The molecule has 1 aromatic carbocycles. The maximum atomic E-state index is 12.2. The summed E-state index contributed by atoms with van der Waals surface area (Å²) in [5, 5.41) is 3.30. The third-order valence-electron chi connectivity index (χ3n) is 3.12. The second-order valence-electron chi connectivity index (χ2n) is 4.58. The predicted octanol–water partition coefficient (Wildman–Crippen LogP) is 2.14. The van der Waals surface area contributed by atoms with Gasteiger partial charge in [-0.25, -0.2) is 8.42 Å². The van der Waals surface area contributed by atoms with Gasteiger partial charge >= 0.3 is 0 Å². The molecule has 1 aliphatic rings. The van der Waals surface area contributed by atoms with Gasteiger partial charge in [0.2, 0.25) is 10.0 Å². The van der Waals surface area contributed by atoms with Crippen molar-refractivity contribution in [2.75, 3.05) is 17.8 Å². The summed E-state index contributed by atoms with van der Waals surface area (Å²) in [6.07, 6.45) is 1.59. The molecule has 6 heteroatoms. The van der Waals surface area contributed by atoms with Crippen molar-refractivity contribution in [1.82, 2.24) is 5.32 Å². The molecule has 18 heavy (non-hydrogen) atoms. The average Bonchev–Trinajstić information content (AvgIpc) is 2.35. The number of hydrogen-bond acceptors (Lipinski definition) is 3. The van der Waals surface area contributed by atoms with Crippen LogP contribution in [-0.4, -0.2) is 26.8 Å². The molecule has 0 aliphatic carbocycles. The van der Waals surface area contributed by atoms with Gasteiger partial charge in [-0.15, -0.1) is 0 Å². The summed E-state index contributed by atoms with van der Waals surface area (Å²) in [5.41, 5.74) is 1.45. The van der Waals surface area contributed by atoms with Crippen LogP contribution < -0.4 is 10.0 Å². The number of hydrogen-bond donors (Lipinski definition) is 2. The van der Waals surface area contributed by atoms with Crippen molar-refractivity contribution in [3.63, 3.8) is 0 Å². The molecule has 0 radical (unpaired) electrons. The first-order valence-corrected chi connectivity index (χ1v) is 7.90. The number of benzene rings is 1. The van der Waals surface area contributed by atoms with E-state index in [1.165, 1.54) is 0 Å². The second kappa shape index (κ2) is 5.47. The Morgan fingerprint density at radius 3 is 2.83 bits per heavy atom. The Bertz CT molecular complexity index is 525. The van der Waals surface area contributed by atoms with Crippen molar-refractivity contribution in [2.24, 2.45) is 0 Å². The summed E-state index contributed by atoms with van der Waals surface area (Å²) in [7, 11) is -3.34. The number of nitrogens with one attached hydrogen (secondary N) is 2. The minimum Gasteiger partial charge on any atom is -0.315 e. The Hall–Kier alpha value is -0.780. The van der Waals surface area contributed by atoms with Crippen molar-refractivity contribution in [1.29, 1.82) is 0 Å². The van der Waals surface area contributed by atoms with Gasteiger partial charge in [0.25, 0.3) is 0 Å². The molecule has 0 saturated carbocycles. The largest absolute Gasteiger partial charge is 0.315 e. The van der Waals surface area contributed by atoms with Crippen molar-refractivity contribution < 1.29 is 8.42 Å². The highest BCUT2D eigenvalue weighted by atomic mass is 35.5. The Morgan fingerprint density at radius 2 is 2.22 bits per heavy atom. The van der Waals surface area contributed by atoms with E-state index in [1.54, 1.807) is 18.2 Å². The van der Waals surface area contributed by atoms with Crippen LogP contribution in [0.5, 0.6) is 0 Å². The molecule has 0 aromatic heterocycles. The number of piperidine rings is 1. The molecule has 1 aliphatic heterocycles. The minimum atomic E-state index is -3.34. The van der Waals surface area contributed by atoms with Gasteiger partial charge in [-0.3, -0.25) is 4.72 Å². The molecule has 2 N–H and O–H groups in total. The molecule has 1 aromatic rings. The van der Waals surface area contributed by atoms with Crippen LogP contribution in [0.2, 0.25) is 5.02 Å². The van der Waals surface area contributed by atoms with Gasteiger partial charge in [0.15, 0.2) is 0 Å². The molecule has 0 spiro atoms. The molecular weight excluding hydrogens is 272 g/mol. The van der Waals surface area contributed by atoms with Crippen LogP contribution in [-0.2, 0) is 10.0 Å². The fraction of sp³-hybridized carbons (Fsp3) is 0.500. The maximum absolute atomic E-state index is 12.2. The SMILES string of the molecule is Cc1ccc(NS(=O)(=O)C2CCCNC2)cc1Cl. The summed E-state index contributed by atoms with van der Waals surface area (Å²) in [6, 6.07) is 5.18. The van der Waals surface area contributed by atoms with Crippen LogP contribution in [0.15, 0.2) is 18.2 Å². The van der Waals surface area contributed by atoms with Crippen LogP contribution in [0.25, 0.3) is 0 Å². The van der Waals surface area contributed by atoms with Crippen LogP contribution >= 0.6 is 11.6 Å². The van der Waals surface area contributed by atoms with Gasteiger partial charge in [0.1, 0.15) is 0 Å².